The summed E-state index contributed by atoms with van der Waals surface area (Å²) in [6.07, 6.45) is -6.11. The number of methoxy groups -OCH3 is 2. The fraction of sp³-hybridized carbons (Fsp3) is 0.231. The van der Waals surface area contributed by atoms with Crippen molar-refractivity contribution >= 4 is 36.0 Å². The van der Waals surface area contributed by atoms with Crippen LogP contribution in [-0.2, 0) is 28.7 Å². The van der Waals surface area contributed by atoms with Crippen LogP contribution in [0.25, 0.3) is 12.2 Å². The van der Waals surface area contributed by atoms with Crippen LogP contribution >= 0.6 is 0 Å². The number of aliphatic hydroxyl groups is 2. The number of benzene rings is 2. The van der Waals surface area contributed by atoms with Crippen LogP contribution in [-0.4, -0.2) is 93.2 Å². The summed E-state index contributed by atoms with van der Waals surface area (Å²) in [5.41, 5.74) is 0.669. The Bertz CT molecular complexity index is 1300. The Morgan fingerprint density at radius 1 is 0.725 bits per heavy atom. The van der Waals surface area contributed by atoms with Crippen LogP contribution in [0.4, 0.5) is 0 Å². The number of carboxylic acids is 2. The van der Waals surface area contributed by atoms with Gasteiger partial charge < -0.3 is 49.6 Å². The van der Waals surface area contributed by atoms with Gasteiger partial charge in [0.25, 0.3) is 0 Å². The highest BCUT2D eigenvalue weighted by Gasteiger charge is 2.44. The maximum Gasteiger partial charge on any atom is 0.347 e. The molecule has 0 radical (unpaired) electrons. The maximum absolute atomic E-state index is 12.3. The fourth-order valence-corrected chi connectivity index (χ4v) is 3.16. The average Bonchev–Trinajstić information content (AvgIpc) is 2.92. The SMILES string of the molecule is COc1cc(C=CC(=O)OC(C(=O)O)C(O)C(OC(=O)C=Cc2ccc(O)c(OC)c2)C(O)C(=O)O)ccc1O. The Kier molecular flexibility index (Phi) is 11.0. The first-order valence-corrected chi connectivity index (χ1v) is 11.2. The van der Waals surface area contributed by atoms with Gasteiger partial charge in [-0.25, -0.2) is 19.2 Å². The molecule has 0 aliphatic heterocycles. The molecule has 0 saturated heterocycles. The molecule has 14 nitrogen and oxygen atoms in total. The van der Waals surface area contributed by atoms with Gasteiger partial charge in [-0.15, -0.1) is 0 Å². The summed E-state index contributed by atoms with van der Waals surface area (Å²) < 4.78 is 19.4. The molecule has 214 valence electrons. The Hall–Kier alpha value is -5.08. The molecule has 0 saturated carbocycles. The van der Waals surface area contributed by atoms with E-state index in [1.807, 2.05) is 0 Å². The van der Waals surface area contributed by atoms with E-state index in [4.69, 9.17) is 18.9 Å². The highest BCUT2D eigenvalue weighted by molar-refractivity contribution is 5.90. The highest BCUT2D eigenvalue weighted by atomic mass is 16.6. The molecule has 0 amide bonds. The average molecular weight is 562 g/mol. The van der Waals surface area contributed by atoms with Gasteiger partial charge in [-0.3, -0.25) is 0 Å². The van der Waals surface area contributed by atoms with E-state index in [2.05, 4.69) is 0 Å². The van der Waals surface area contributed by atoms with E-state index in [1.165, 1.54) is 62.8 Å². The number of hydrogen-bond donors (Lipinski definition) is 6. The van der Waals surface area contributed by atoms with Crippen LogP contribution in [0.5, 0.6) is 23.0 Å². The number of carboxylic acid groups (broad SMARTS) is 2. The number of phenolic OH excluding ortho intramolecular Hbond substituents is 2. The van der Waals surface area contributed by atoms with Gasteiger partial charge in [0.2, 0.25) is 6.10 Å². The van der Waals surface area contributed by atoms with E-state index in [0.29, 0.717) is 11.1 Å². The predicted octanol–water partition coefficient (Wildman–Crippen LogP) is 0.556. The minimum Gasteiger partial charge on any atom is -0.504 e. The molecule has 4 atom stereocenters. The van der Waals surface area contributed by atoms with Crippen molar-refractivity contribution in [3.63, 3.8) is 0 Å². The van der Waals surface area contributed by atoms with Gasteiger partial charge >= 0.3 is 23.9 Å². The molecule has 0 aromatic heterocycles. The molecule has 0 aliphatic carbocycles. The molecule has 0 bridgehead atoms. The van der Waals surface area contributed by atoms with Crippen LogP contribution in [0, 0.1) is 0 Å². The largest absolute Gasteiger partial charge is 0.504 e. The number of phenols is 2. The third-order valence-electron chi connectivity index (χ3n) is 5.18. The number of carbonyl (C=O) groups is 4. The zero-order chi connectivity index (χ0) is 30.0. The maximum atomic E-state index is 12.3. The van der Waals surface area contributed by atoms with Crippen LogP contribution < -0.4 is 9.47 Å². The molecular weight excluding hydrogens is 536 g/mol. The lowest BCUT2D eigenvalue weighted by Gasteiger charge is -2.28. The lowest BCUT2D eigenvalue weighted by atomic mass is 10.0. The van der Waals surface area contributed by atoms with Crippen molar-refractivity contribution in [1.29, 1.82) is 0 Å². The summed E-state index contributed by atoms with van der Waals surface area (Å²) in [5, 5.41) is 58.4. The Morgan fingerprint density at radius 3 is 1.57 bits per heavy atom. The molecule has 4 unspecified atom stereocenters. The number of carbonyl (C=O) groups excluding carboxylic acids is 2. The fourth-order valence-electron chi connectivity index (χ4n) is 3.16. The van der Waals surface area contributed by atoms with Gasteiger partial charge in [0, 0.05) is 12.2 Å². The molecule has 0 fully saturated rings. The third-order valence-corrected chi connectivity index (χ3v) is 5.18. The van der Waals surface area contributed by atoms with Gasteiger partial charge in [0.05, 0.1) is 14.2 Å². The third kappa shape index (κ3) is 8.47. The van der Waals surface area contributed by atoms with E-state index in [1.54, 1.807) is 0 Å². The second-order valence-corrected chi connectivity index (χ2v) is 7.90. The Labute approximate surface area is 226 Å². The first kappa shape index (κ1) is 31.1. The second-order valence-electron chi connectivity index (χ2n) is 7.90. The monoisotopic (exact) mass is 562 g/mol. The van der Waals surface area contributed by atoms with E-state index < -0.39 is 48.3 Å². The topological polar surface area (TPSA) is 227 Å². The van der Waals surface area contributed by atoms with Crippen molar-refractivity contribution in [2.24, 2.45) is 0 Å². The van der Waals surface area contributed by atoms with E-state index in [-0.39, 0.29) is 23.0 Å². The van der Waals surface area contributed by atoms with Crippen molar-refractivity contribution in [2.45, 2.75) is 24.4 Å². The lowest BCUT2D eigenvalue weighted by molar-refractivity contribution is -0.190. The molecule has 2 aromatic rings. The van der Waals surface area contributed by atoms with Crippen molar-refractivity contribution in [3.05, 3.63) is 59.7 Å². The number of hydrogen-bond acceptors (Lipinski definition) is 12. The molecule has 2 rings (SSSR count). The van der Waals surface area contributed by atoms with Gasteiger partial charge in [0.1, 0.15) is 6.10 Å². The first-order chi connectivity index (χ1) is 18.9. The molecule has 0 spiro atoms. The number of ether oxygens (including phenoxy) is 4. The molecule has 14 heteroatoms. The zero-order valence-electron chi connectivity index (χ0n) is 21.0. The number of aliphatic carboxylic acids is 2. The Balaban J connectivity index is 2.21. The van der Waals surface area contributed by atoms with E-state index in [9.17, 15) is 49.8 Å². The minimum absolute atomic E-state index is 0.0785. The van der Waals surface area contributed by atoms with Crippen molar-refractivity contribution in [3.8, 4) is 23.0 Å². The number of rotatable bonds is 13. The van der Waals surface area contributed by atoms with Crippen LogP contribution in [0.3, 0.4) is 0 Å². The summed E-state index contributed by atoms with van der Waals surface area (Å²) in [6.45, 7) is 0. The normalized spacial score (nSPS) is 14.2. The van der Waals surface area contributed by atoms with Gasteiger partial charge in [-0.2, -0.15) is 0 Å². The van der Waals surface area contributed by atoms with Crippen LogP contribution in [0.2, 0.25) is 0 Å². The minimum atomic E-state index is -2.61. The molecule has 6 N–H and O–H groups in total. The first-order valence-electron chi connectivity index (χ1n) is 11.2. The summed E-state index contributed by atoms with van der Waals surface area (Å²) in [4.78, 5) is 47.7. The van der Waals surface area contributed by atoms with Gasteiger partial charge in [-0.1, -0.05) is 12.1 Å². The summed E-state index contributed by atoms with van der Waals surface area (Å²) in [6, 6.07) is 8.02. The number of aliphatic hydroxyl groups excluding tert-OH is 2. The molecule has 40 heavy (non-hydrogen) atoms. The number of esters is 2. The summed E-state index contributed by atoms with van der Waals surface area (Å²) in [5.74, 6) is -6.70. The van der Waals surface area contributed by atoms with Crippen LogP contribution in [0.15, 0.2) is 48.6 Å². The predicted molar refractivity (Wildman–Crippen MR) is 134 cm³/mol. The van der Waals surface area contributed by atoms with E-state index in [0.717, 1.165) is 12.2 Å². The second kappa shape index (κ2) is 14.2. The van der Waals surface area contributed by atoms with Crippen molar-refractivity contribution in [2.75, 3.05) is 14.2 Å². The molecule has 0 heterocycles. The molecule has 2 aromatic carbocycles. The summed E-state index contributed by atoms with van der Waals surface area (Å²) in [7, 11) is 2.59. The van der Waals surface area contributed by atoms with Gasteiger partial charge in [-0.05, 0) is 47.5 Å². The van der Waals surface area contributed by atoms with Crippen molar-refractivity contribution < 1.29 is 68.8 Å². The number of aromatic hydroxyl groups is 2. The highest BCUT2D eigenvalue weighted by Crippen LogP contribution is 2.27. The Morgan fingerprint density at radius 2 is 1.18 bits per heavy atom. The standard InChI is InChI=1S/C26H26O14/c1-37-17-11-13(3-7-15(17)27)5-9-19(29)39-23(22(32)25(33)34)21(31)24(26(35)36)40-20(30)10-6-14-4-8-16(28)18(12-14)38-2/h3-12,21-24,27-28,31-32H,1-2H3,(H,33,34)(H,35,36). The lowest BCUT2D eigenvalue weighted by Crippen LogP contribution is -2.53. The zero-order valence-corrected chi connectivity index (χ0v) is 21.0. The quantitative estimate of drug-likeness (QED) is 0.145. The van der Waals surface area contributed by atoms with Gasteiger partial charge in [0.15, 0.2) is 35.2 Å². The molecule has 0 aliphatic rings. The smallest absolute Gasteiger partial charge is 0.347 e. The molecular formula is C26H26O14. The summed E-state index contributed by atoms with van der Waals surface area (Å²) >= 11 is 0. The van der Waals surface area contributed by atoms with Crippen molar-refractivity contribution in [1.82, 2.24) is 0 Å². The van der Waals surface area contributed by atoms with Crippen LogP contribution in [0.1, 0.15) is 11.1 Å². The van der Waals surface area contributed by atoms with E-state index >= 15 is 0 Å².